The van der Waals surface area contributed by atoms with Crippen molar-refractivity contribution in [3.8, 4) is 0 Å². The van der Waals surface area contributed by atoms with Crippen LogP contribution in [-0.2, 0) is 14.2 Å². The number of fused-ring (bicyclic) bond motifs is 5. The van der Waals surface area contributed by atoms with Gasteiger partial charge in [0.25, 0.3) is 0 Å². The second kappa shape index (κ2) is 23.7. The number of rotatable bonds is 28. The normalized spacial score (nSPS) is 34.9. The van der Waals surface area contributed by atoms with E-state index in [1.807, 2.05) is 0 Å². The molecule has 11 atom stereocenters. The van der Waals surface area contributed by atoms with Crippen LogP contribution in [0, 0.1) is 46.3 Å². The highest BCUT2D eigenvalue weighted by molar-refractivity contribution is 5.15. The van der Waals surface area contributed by atoms with Gasteiger partial charge in [-0.2, -0.15) is 0 Å². The first kappa shape index (κ1) is 44.4. The van der Waals surface area contributed by atoms with Gasteiger partial charge in [-0.05, 0) is 157 Å². The molecule has 7 nitrogen and oxygen atoms in total. The molecule has 7 N–H and O–H groups in total. The third kappa shape index (κ3) is 11.9. The summed E-state index contributed by atoms with van der Waals surface area (Å²) >= 11 is 0. The Balaban J connectivity index is 1.36. The minimum absolute atomic E-state index is 0.180. The minimum atomic E-state index is 0.180. The maximum absolute atomic E-state index is 7.06. The van der Waals surface area contributed by atoms with Gasteiger partial charge in [0.05, 0.1) is 18.3 Å². The highest BCUT2D eigenvalue weighted by atomic mass is 16.5. The Bertz CT molecular complexity index is 940. The Morgan fingerprint density at radius 3 is 1.94 bits per heavy atom. The van der Waals surface area contributed by atoms with Gasteiger partial charge < -0.3 is 36.7 Å². The van der Waals surface area contributed by atoms with Crippen molar-refractivity contribution in [1.82, 2.24) is 5.32 Å². The van der Waals surface area contributed by atoms with Crippen LogP contribution >= 0.6 is 0 Å². The molecule has 4 rings (SSSR count). The molecule has 0 aromatic rings. The SMILES string of the molecule is CCCCCCCCCCCCNCCC[C@@H](C)[C@H]1CC[C@H]2[C@@H]3[C@H](OCCCN)C[C@@H]4C[C@H](OCCCN)CC[C@]4(C)[C@H]3CC(OCCCN)[C@]12C. The van der Waals surface area contributed by atoms with Crippen LogP contribution < -0.4 is 22.5 Å². The van der Waals surface area contributed by atoms with Crippen LogP contribution in [0.1, 0.15) is 169 Å². The van der Waals surface area contributed by atoms with Crippen molar-refractivity contribution < 1.29 is 14.2 Å². The van der Waals surface area contributed by atoms with E-state index in [4.69, 9.17) is 31.4 Å². The molecule has 0 aliphatic heterocycles. The number of nitrogens with one attached hydrogen (secondary N) is 1. The van der Waals surface area contributed by atoms with Crippen molar-refractivity contribution in [3.63, 3.8) is 0 Å². The molecule has 52 heavy (non-hydrogen) atoms. The van der Waals surface area contributed by atoms with Crippen LogP contribution in [0.3, 0.4) is 0 Å². The molecular formula is C45H88N4O3. The quantitative estimate of drug-likeness (QED) is 0.0594. The summed E-state index contributed by atoms with van der Waals surface area (Å²) in [6, 6.07) is 0. The maximum atomic E-state index is 7.06. The summed E-state index contributed by atoms with van der Waals surface area (Å²) in [5.41, 5.74) is 18.3. The molecule has 0 heterocycles. The fraction of sp³-hybridized carbons (Fsp3) is 1.00. The molecule has 0 bridgehead atoms. The van der Waals surface area contributed by atoms with Crippen LogP contribution in [-0.4, -0.2) is 70.9 Å². The fourth-order valence-electron chi connectivity index (χ4n) is 12.2. The van der Waals surface area contributed by atoms with E-state index in [0.717, 1.165) is 52.0 Å². The van der Waals surface area contributed by atoms with Crippen LogP contribution in [0.2, 0.25) is 0 Å². The molecule has 4 fully saturated rings. The highest BCUT2D eigenvalue weighted by Gasteiger charge is 2.66. The number of ether oxygens (including phenoxy) is 3. The van der Waals surface area contributed by atoms with Crippen molar-refractivity contribution in [3.05, 3.63) is 0 Å². The standard InChI is InChI=1S/C45H88N4O3/c1-5-6-7-8-9-10-11-12-13-14-27-49-28-15-19-35(2)38-20-21-39-43-40(34-42(45(38,39)4)52-31-18-26-48)44(3)23-22-37(50-29-16-24-46)32-36(44)33-41(43)51-30-17-25-47/h35-43,49H,5-34,46-48H2,1-4H3/t35-,36+,37-,38-,39+,40+,41-,42?,43+,44+,45-/m1/s1. The average molecular weight is 733 g/mol. The molecule has 306 valence electrons. The molecule has 4 aliphatic rings. The molecule has 4 aliphatic carbocycles. The largest absolute Gasteiger partial charge is 0.378 e. The van der Waals surface area contributed by atoms with Crippen molar-refractivity contribution >= 4 is 0 Å². The Kier molecular flexibility index (Phi) is 20.3. The Hall–Kier alpha value is -0.280. The van der Waals surface area contributed by atoms with Gasteiger partial charge in [-0.1, -0.05) is 85.5 Å². The zero-order chi connectivity index (χ0) is 37.2. The molecule has 7 heteroatoms. The smallest absolute Gasteiger partial charge is 0.0637 e. The zero-order valence-electron chi connectivity index (χ0n) is 34.9. The first-order chi connectivity index (χ1) is 25.3. The Morgan fingerprint density at radius 1 is 0.654 bits per heavy atom. The van der Waals surface area contributed by atoms with Gasteiger partial charge in [-0.25, -0.2) is 0 Å². The monoisotopic (exact) mass is 733 g/mol. The van der Waals surface area contributed by atoms with E-state index in [1.165, 1.54) is 122 Å². The molecule has 0 amide bonds. The molecule has 0 aromatic carbocycles. The molecule has 0 spiro atoms. The van der Waals surface area contributed by atoms with Gasteiger partial charge in [-0.15, -0.1) is 0 Å². The minimum Gasteiger partial charge on any atom is -0.378 e. The van der Waals surface area contributed by atoms with Crippen LogP contribution in [0.25, 0.3) is 0 Å². The molecule has 0 radical (unpaired) electrons. The summed E-state index contributed by atoms with van der Waals surface area (Å²) in [5, 5.41) is 3.80. The van der Waals surface area contributed by atoms with Gasteiger partial charge in [0.1, 0.15) is 0 Å². The Labute approximate surface area is 322 Å². The topological polar surface area (TPSA) is 118 Å². The van der Waals surface area contributed by atoms with E-state index in [1.54, 1.807) is 0 Å². The van der Waals surface area contributed by atoms with Crippen molar-refractivity contribution in [2.75, 3.05) is 52.5 Å². The van der Waals surface area contributed by atoms with Gasteiger partial charge in [0.2, 0.25) is 0 Å². The molecule has 4 saturated carbocycles. The second-order valence-corrected chi connectivity index (χ2v) is 18.5. The summed E-state index contributed by atoms with van der Waals surface area (Å²) < 4.78 is 20.4. The number of nitrogens with two attached hydrogens (primary N) is 3. The predicted molar refractivity (Wildman–Crippen MR) is 219 cm³/mol. The van der Waals surface area contributed by atoms with Gasteiger partial charge in [0.15, 0.2) is 0 Å². The first-order valence-electron chi connectivity index (χ1n) is 23.0. The summed E-state index contributed by atoms with van der Waals surface area (Å²) in [6.45, 7) is 17.0. The maximum Gasteiger partial charge on any atom is 0.0637 e. The van der Waals surface area contributed by atoms with E-state index in [9.17, 15) is 0 Å². The van der Waals surface area contributed by atoms with E-state index >= 15 is 0 Å². The zero-order valence-corrected chi connectivity index (χ0v) is 34.9. The third-order valence-corrected chi connectivity index (χ3v) is 15.2. The van der Waals surface area contributed by atoms with Gasteiger partial charge in [-0.3, -0.25) is 0 Å². The van der Waals surface area contributed by atoms with Crippen LogP contribution in [0.15, 0.2) is 0 Å². The molecule has 0 aromatic heterocycles. The number of hydrogen-bond acceptors (Lipinski definition) is 7. The van der Waals surface area contributed by atoms with E-state index in [-0.39, 0.29) is 5.41 Å². The van der Waals surface area contributed by atoms with E-state index < -0.39 is 0 Å². The van der Waals surface area contributed by atoms with Crippen LogP contribution in [0.5, 0.6) is 0 Å². The second-order valence-electron chi connectivity index (χ2n) is 18.5. The van der Waals surface area contributed by atoms with Crippen LogP contribution in [0.4, 0.5) is 0 Å². The lowest BCUT2D eigenvalue weighted by Gasteiger charge is -2.65. The van der Waals surface area contributed by atoms with Crippen molar-refractivity contribution in [2.24, 2.45) is 63.5 Å². The van der Waals surface area contributed by atoms with Crippen molar-refractivity contribution in [2.45, 2.75) is 187 Å². The summed E-state index contributed by atoms with van der Waals surface area (Å²) in [5.74, 6) is 3.92. The third-order valence-electron chi connectivity index (χ3n) is 15.2. The Morgan fingerprint density at radius 2 is 1.27 bits per heavy atom. The lowest BCUT2D eigenvalue weighted by molar-refractivity contribution is -0.227. The number of hydrogen-bond donors (Lipinski definition) is 4. The summed E-state index contributed by atoms with van der Waals surface area (Å²) in [6.07, 6.45) is 29.1. The predicted octanol–water partition coefficient (Wildman–Crippen LogP) is 8.99. The molecular weight excluding hydrogens is 645 g/mol. The summed E-state index contributed by atoms with van der Waals surface area (Å²) in [7, 11) is 0. The van der Waals surface area contributed by atoms with Gasteiger partial charge >= 0.3 is 0 Å². The first-order valence-corrected chi connectivity index (χ1v) is 23.0. The van der Waals surface area contributed by atoms with Crippen molar-refractivity contribution in [1.29, 1.82) is 0 Å². The lowest BCUT2D eigenvalue weighted by atomic mass is 9.43. The fourth-order valence-corrected chi connectivity index (χ4v) is 12.2. The molecule has 1 unspecified atom stereocenters. The summed E-state index contributed by atoms with van der Waals surface area (Å²) in [4.78, 5) is 0. The lowest BCUT2D eigenvalue weighted by Crippen LogP contribution is -2.63. The average Bonchev–Trinajstić information content (AvgIpc) is 3.50. The highest BCUT2D eigenvalue weighted by Crippen LogP contribution is 2.69. The van der Waals surface area contributed by atoms with Gasteiger partial charge in [0, 0.05) is 25.2 Å². The molecule has 0 saturated heterocycles. The van der Waals surface area contributed by atoms with E-state index in [0.29, 0.717) is 78.9 Å². The number of unbranched alkanes of at least 4 members (excludes halogenated alkanes) is 9. The van der Waals surface area contributed by atoms with E-state index in [2.05, 4.69) is 33.0 Å².